The maximum Gasteiger partial charge on any atom is 0.233 e. The minimum absolute atomic E-state index is 0.0144. The minimum atomic E-state index is -0.305. The lowest BCUT2D eigenvalue weighted by molar-refractivity contribution is 0.311. The van der Waals surface area contributed by atoms with Gasteiger partial charge in [-0.05, 0) is 48.7 Å². The van der Waals surface area contributed by atoms with Gasteiger partial charge in [-0.15, -0.1) is 0 Å². The number of hydrogen-bond donors (Lipinski definition) is 2. The summed E-state index contributed by atoms with van der Waals surface area (Å²) in [5.41, 5.74) is 3.70. The smallest absolute Gasteiger partial charge is 0.233 e. The van der Waals surface area contributed by atoms with Crippen molar-refractivity contribution in [3.63, 3.8) is 0 Å². The Balaban J connectivity index is 1.67. The fourth-order valence-corrected chi connectivity index (χ4v) is 3.84. The van der Waals surface area contributed by atoms with Gasteiger partial charge in [-0.25, -0.2) is 9.07 Å². The summed E-state index contributed by atoms with van der Waals surface area (Å²) in [4.78, 5) is 11.7. The second-order valence-electron chi connectivity index (χ2n) is 7.18. The van der Waals surface area contributed by atoms with Gasteiger partial charge in [0, 0.05) is 18.8 Å². The highest BCUT2D eigenvalue weighted by Gasteiger charge is 2.23. The first-order valence-corrected chi connectivity index (χ1v) is 9.96. The van der Waals surface area contributed by atoms with Crippen LogP contribution < -0.4 is 10.2 Å². The van der Waals surface area contributed by atoms with Gasteiger partial charge < -0.3 is 15.3 Å². The van der Waals surface area contributed by atoms with E-state index in [9.17, 15) is 9.50 Å². The van der Waals surface area contributed by atoms with Gasteiger partial charge in [0.2, 0.25) is 5.95 Å². The quantitative estimate of drug-likeness (QED) is 0.531. The first-order valence-electron chi connectivity index (χ1n) is 9.96. The van der Waals surface area contributed by atoms with Crippen LogP contribution in [0.2, 0.25) is 0 Å². The van der Waals surface area contributed by atoms with Crippen molar-refractivity contribution in [3.05, 3.63) is 66.1 Å². The van der Waals surface area contributed by atoms with Crippen LogP contribution in [-0.4, -0.2) is 44.6 Å². The lowest BCUT2D eigenvalue weighted by Gasteiger charge is -2.29. The van der Waals surface area contributed by atoms with E-state index in [0.717, 1.165) is 30.5 Å². The van der Waals surface area contributed by atoms with E-state index in [1.54, 1.807) is 23.0 Å². The largest absolute Gasteiger partial charge is 0.395 e. The van der Waals surface area contributed by atoms with Gasteiger partial charge in [0.05, 0.1) is 23.9 Å². The molecule has 30 heavy (non-hydrogen) atoms. The van der Waals surface area contributed by atoms with Gasteiger partial charge in [0.25, 0.3) is 0 Å². The first kappa shape index (κ1) is 18.5. The molecule has 0 aliphatic carbocycles. The Labute approximate surface area is 172 Å². The molecule has 0 amide bonds. The molecule has 4 aromatic rings. The number of nitrogens with one attached hydrogen (secondary N) is 1. The number of aliphatic hydroxyl groups excluding tert-OH is 1. The number of fused-ring (bicyclic) bond motifs is 2. The zero-order valence-electron chi connectivity index (χ0n) is 16.3. The van der Waals surface area contributed by atoms with Crippen molar-refractivity contribution in [2.75, 3.05) is 29.9 Å². The average molecular weight is 404 g/mol. The summed E-state index contributed by atoms with van der Waals surface area (Å²) in [6.45, 7) is 1.16. The molecule has 7 nitrogen and oxygen atoms in total. The summed E-state index contributed by atoms with van der Waals surface area (Å²) >= 11 is 0. The molecular formula is C22H21FN6O. The Morgan fingerprint density at radius 1 is 1.07 bits per heavy atom. The van der Waals surface area contributed by atoms with Gasteiger partial charge >= 0.3 is 0 Å². The Morgan fingerprint density at radius 2 is 1.90 bits per heavy atom. The number of rotatable bonds is 5. The summed E-state index contributed by atoms with van der Waals surface area (Å²) in [5, 5.41) is 17.7. The summed E-state index contributed by atoms with van der Waals surface area (Å²) in [6, 6.07) is 14.4. The molecule has 0 fully saturated rings. The van der Waals surface area contributed by atoms with Crippen LogP contribution in [0.4, 0.5) is 21.8 Å². The van der Waals surface area contributed by atoms with Gasteiger partial charge in [-0.2, -0.15) is 15.1 Å². The van der Waals surface area contributed by atoms with Crippen molar-refractivity contribution in [1.29, 1.82) is 0 Å². The van der Waals surface area contributed by atoms with Crippen LogP contribution in [0.1, 0.15) is 12.0 Å². The summed E-state index contributed by atoms with van der Waals surface area (Å²) in [7, 11) is 0. The second-order valence-corrected chi connectivity index (χ2v) is 7.18. The molecule has 0 saturated heterocycles. The third-order valence-electron chi connectivity index (χ3n) is 5.24. The number of nitrogens with zero attached hydrogens (tertiary/aromatic N) is 5. The zero-order chi connectivity index (χ0) is 20.5. The number of benzene rings is 2. The minimum Gasteiger partial charge on any atom is -0.395 e. The molecular weight excluding hydrogens is 383 g/mol. The van der Waals surface area contributed by atoms with Crippen molar-refractivity contribution in [1.82, 2.24) is 19.7 Å². The van der Waals surface area contributed by atoms with Gasteiger partial charge in [-0.3, -0.25) is 0 Å². The van der Waals surface area contributed by atoms with E-state index in [1.807, 2.05) is 12.1 Å². The molecule has 3 heterocycles. The number of hydrogen-bond acceptors (Lipinski definition) is 6. The van der Waals surface area contributed by atoms with Crippen LogP contribution in [-0.2, 0) is 6.42 Å². The maximum atomic E-state index is 13.4. The first-order chi connectivity index (χ1) is 14.7. The number of halogens is 1. The number of aliphatic hydroxyl groups is 1. The Morgan fingerprint density at radius 3 is 2.73 bits per heavy atom. The normalized spacial score (nSPS) is 13.5. The summed E-state index contributed by atoms with van der Waals surface area (Å²) < 4.78 is 15.1. The highest BCUT2D eigenvalue weighted by molar-refractivity contribution is 5.89. The van der Waals surface area contributed by atoms with E-state index in [4.69, 9.17) is 9.97 Å². The van der Waals surface area contributed by atoms with E-state index in [0.29, 0.717) is 29.6 Å². The lowest BCUT2D eigenvalue weighted by atomic mass is 10.0. The highest BCUT2D eigenvalue weighted by atomic mass is 19.1. The fraction of sp³-hybridized carbons (Fsp3) is 0.227. The molecule has 0 spiro atoms. The van der Waals surface area contributed by atoms with Crippen LogP contribution in [0.25, 0.3) is 16.7 Å². The van der Waals surface area contributed by atoms with Gasteiger partial charge in [0.1, 0.15) is 11.6 Å². The maximum absolute atomic E-state index is 13.4. The van der Waals surface area contributed by atoms with Gasteiger partial charge in [0.15, 0.2) is 5.65 Å². The number of aromatic nitrogens is 4. The van der Waals surface area contributed by atoms with Crippen molar-refractivity contribution in [2.45, 2.75) is 12.8 Å². The molecule has 2 aromatic heterocycles. The molecule has 0 radical (unpaired) electrons. The molecule has 2 aromatic carbocycles. The topological polar surface area (TPSA) is 79.1 Å². The zero-order valence-corrected chi connectivity index (χ0v) is 16.3. The monoisotopic (exact) mass is 404 g/mol. The molecule has 0 saturated carbocycles. The molecule has 5 rings (SSSR count). The van der Waals surface area contributed by atoms with Crippen LogP contribution in [0.15, 0.2) is 54.7 Å². The molecule has 8 heteroatoms. The Bertz CT molecular complexity index is 1190. The fourth-order valence-electron chi connectivity index (χ4n) is 3.84. The van der Waals surface area contributed by atoms with Crippen molar-refractivity contribution in [2.24, 2.45) is 0 Å². The van der Waals surface area contributed by atoms with Crippen molar-refractivity contribution in [3.8, 4) is 5.69 Å². The SMILES string of the molecule is OCCNc1nc(N2CCCc3ccccc32)nc2c1cnn2-c1ccc(F)cc1. The predicted octanol–water partition coefficient (Wildman–Crippen LogP) is 3.44. The predicted molar refractivity (Wildman–Crippen MR) is 114 cm³/mol. The van der Waals surface area contributed by atoms with E-state index < -0.39 is 0 Å². The standard InChI is InChI=1S/C22H21FN6O/c23-16-7-9-17(10-8-16)29-21-18(14-25-29)20(24-11-13-30)26-22(27-21)28-12-3-5-15-4-1-2-6-19(15)28/h1-2,4,6-10,14,30H,3,5,11-13H2,(H,24,26,27). The number of para-hydroxylation sites is 1. The molecule has 152 valence electrons. The Kier molecular flexibility index (Phi) is 4.76. The third kappa shape index (κ3) is 3.25. The molecule has 0 atom stereocenters. The van der Waals surface area contributed by atoms with E-state index in [-0.39, 0.29) is 12.4 Å². The molecule has 1 aliphatic heterocycles. The van der Waals surface area contributed by atoms with E-state index in [2.05, 4.69) is 27.4 Å². The Hall–Kier alpha value is -3.52. The van der Waals surface area contributed by atoms with Crippen LogP contribution >= 0.6 is 0 Å². The van der Waals surface area contributed by atoms with Crippen LogP contribution in [0, 0.1) is 5.82 Å². The summed E-state index contributed by atoms with van der Waals surface area (Å²) in [5.74, 6) is 0.875. The van der Waals surface area contributed by atoms with Crippen LogP contribution in [0.3, 0.4) is 0 Å². The second kappa shape index (κ2) is 7.72. The van der Waals surface area contributed by atoms with Gasteiger partial charge in [-0.1, -0.05) is 18.2 Å². The molecule has 0 bridgehead atoms. The summed E-state index contributed by atoms with van der Waals surface area (Å²) in [6.07, 6.45) is 3.72. The third-order valence-corrected chi connectivity index (χ3v) is 5.24. The molecule has 1 aliphatic rings. The van der Waals surface area contributed by atoms with Crippen molar-refractivity contribution >= 4 is 28.5 Å². The van der Waals surface area contributed by atoms with Crippen LogP contribution in [0.5, 0.6) is 0 Å². The van der Waals surface area contributed by atoms with E-state index >= 15 is 0 Å². The van der Waals surface area contributed by atoms with Crippen molar-refractivity contribution < 1.29 is 9.50 Å². The molecule has 2 N–H and O–H groups in total. The number of anilines is 3. The molecule has 0 unspecified atom stereocenters. The lowest BCUT2D eigenvalue weighted by Crippen LogP contribution is -2.26. The average Bonchev–Trinajstić information content (AvgIpc) is 3.21. The number of aryl methyl sites for hydroxylation is 1. The van der Waals surface area contributed by atoms with E-state index in [1.165, 1.54) is 17.7 Å². The highest BCUT2D eigenvalue weighted by Crippen LogP contribution is 2.34.